The molecule has 0 unspecified atom stereocenters. The molecule has 0 radical (unpaired) electrons. The monoisotopic (exact) mass is 231 g/mol. The summed E-state index contributed by atoms with van der Waals surface area (Å²) in [4.78, 5) is 0. The van der Waals surface area contributed by atoms with Crippen molar-refractivity contribution in [3.8, 4) is 0 Å². The molecule has 0 spiro atoms. The first-order chi connectivity index (χ1) is 6.88. The number of halogens is 2. The Kier molecular flexibility index (Phi) is 4.11. The molecule has 1 aromatic carbocycles. The van der Waals surface area contributed by atoms with Crippen molar-refractivity contribution in [2.45, 2.75) is 25.1 Å². The van der Waals surface area contributed by atoms with Gasteiger partial charge in [-0.1, -0.05) is 6.07 Å². The highest BCUT2D eigenvalue weighted by molar-refractivity contribution is 7.98. The zero-order valence-electron chi connectivity index (χ0n) is 8.89. The van der Waals surface area contributed by atoms with Gasteiger partial charge in [-0.3, -0.25) is 0 Å². The second-order valence-corrected chi connectivity index (χ2v) is 5.22. The molecule has 0 fully saturated rings. The molecule has 0 heterocycles. The van der Waals surface area contributed by atoms with Crippen molar-refractivity contribution < 1.29 is 8.78 Å². The SMILES string of the molecule is CC(C)(N)CSCc1ccc(F)c(F)c1. The molecule has 1 rings (SSSR count). The molecule has 0 saturated carbocycles. The van der Waals surface area contributed by atoms with Crippen LogP contribution in [-0.4, -0.2) is 11.3 Å². The minimum atomic E-state index is -0.803. The third-order valence-corrected chi connectivity index (χ3v) is 3.21. The van der Waals surface area contributed by atoms with E-state index >= 15 is 0 Å². The van der Waals surface area contributed by atoms with Gasteiger partial charge in [-0.25, -0.2) is 8.78 Å². The van der Waals surface area contributed by atoms with Crippen LogP contribution in [0.1, 0.15) is 19.4 Å². The van der Waals surface area contributed by atoms with Gasteiger partial charge in [-0.05, 0) is 31.5 Å². The molecule has 4 heteroatoms. The first-order valence-corrected chi connectivity index (χ1v) is 5.84. The first-order valence-electron chi connectivity index (χ1n) is 4.69. The average Bonchev–Trinajstić information content (AvgIpc) is 2.09. The molecule has 15 heavy (non-hydrogen) atoms. The molecule has 0 saturated heterocycles. The van der Waals surface area contributed by atoms with E-state index in [2.05, 4.69) is 0 Å². The third-order valence-electron chi connectivity index (χ3n) is 1.73. The molecule has 0 atom stereocenters. The predicted molar refractivity (Wildman–Crippen MR) is 60.8 cm³/mol. The first kappa shape index (κ1) is 12.5. The summed E-state index contributed by atoms with van der Waals surface area (Å²) in [6.07, 6.45) is 0. The highest BCUT2D eigenvalue weighted by Crippen LogP contribution is 2.18. The van der Waals surface area contributed by atoms with Gasteiger partial charge >= 0.3 is 0 Å². The van der Waals surface area contributed by atoms with E-state index in [0.717, 1.165) is 17.4 Å². The van der Waals surface area contributed by atoms with Gasteiger partial charge < -0.3 is 5.73 Å². The maximum Gasteiger partial charge on any atom is 0.159 e. The number of thioether (sulfide) groups is 1. The predicted octanol–water partition coefficient (Wildman–Crippen LogP) is 2.94. The largest absolute Gasteiger partial charge is 0.325 e. The molecule has 0 aliphatic heterocycles. The van der Waals surface area contributed by atoms with Crippen LogP contribution in [0.2, 0.25) is 0 Å². The maximum absolute atomic E-state index is 12.8. The van der Waals surface area contributed by atoms with Crippen LogP contribution in [0.3, 0.4) is 0 Å². The Morgan fingerprint density at radius 1 is 1.27 bits per heavy atom. The van der Waals surface area contributed by atoms with Crippen LogP contribution in [0.15, 0.2) is 18.2 Å². The Morgan fingerprint density at radius 3 is 2.47 bits per heavy atom. The van der Waals surface area contributed by atoms with E-state index in [1.54, 1.807) is 17.8 Å². The van der Waals surface area contributed by atoms with Crippen molar-refractivity contribution in [3.05, 3.63) is 35.4 Å². The van der Waals surface area contributed by atoms with E-state index in [-0.39, 0.29) is 5.54 Å². The third kappa shape index (κ3) is 4.62. The molecular formula is C11H15F2NS. The smallest absolute Gasteiger partial charge is 0.159 e. The summed E-state index contributed by atoms with van der Waals surface area (Å²) < 4.78 is 25.4. The Morgan fingerprint density at radius 2 is 1.93 bits per heavy atom. The van der Waals surface area contributed by atoms with E-state index in [1.165, 1.54) is 6.07 Å². The highest BCUT2D eigenvalue weighted by atomic mass is 32.2. The van der Waals surface area contributed by atoms with Crippen LogP contribution in [0.25, 0.3) is 0 Å². The molecule has 1 aromatic rings. The van der Waals surface area contributed by atoms with Crippen molar-refractivity contribution in [1.29, 1.82) is 0 Å². The summed E-state index contributed by atoms with van der Waals surface area (Å²) >= 11 is 1.61. The van der Waals surface area contributed by atoms with Gasteiger partial charge in [-0.2, -0.15) is 11.8 Å². The van der Waals surface area contributed by atoms with Crippen molar-refractivity contribution in [2.75, 3.05) is 5.75 Å². The van der Waals surface area contributed by atoms with Gasteiger partial charge in [0.2, 0.25) is 0 Å². The van der Waals surface area contributed by atoms with Crippen LogP contribution >= 0.6 is 11.8 Å². The zero-order valence-corrected chi connectivity index (χ0v) is 9.70. The van der Waals surface area contributed by atoms with Crippen molar-refractivity contribution in [3.63, 3.8) is 0 Å². The Labute approximate surface area is 93.1 Å². The van der Waals surface area contributed by atoms with E-state index in [1.807, 2.05) is 13.8 Å². The van der Waals surface area contributed by atoms with Gasteiger partial charge in [-0.15, -0.1) is 0 Å². The van der Waals surface area contributed by atoms with Gasteiger partial charge in [0.15, 0.2) is 11.6 Å². The topological polar surface area (TPSA) is 26.0 Å². The molecule has 0 bridgehead atoms. The molecular weight excluding hydrogens is 216 g/mol. The Bertz CT molecular complexity index is 334. The van der Waals surface area contributed by atoms with Crippen LogP contribution in [0, 0.1) is 11.6 Å². The van der Waals surface area contributed by atoms with Crippen molar-refractivity contribution >= 4 is 11.8 Å². The molecule has 0 aliphatic carbocycles. The van der Waals surface area contributed by atoms with Crippen LogP contribution in [-0.2, 0) is 5.75 Å². The van der Waals surface area contributed by atoms with Crippen molar-refractivity contribution in [1.82, 2.24) is 0 Å². The standard InChI is InChI=1S/C11H15F2NS/c1-11(2,14)7-15-6-8-3-4-9(12)10(13)5-8/h3-5H,6-7,14H2,1-2H3. The summed E-state index contributed by atoms with van der Waals surface area (Å²) in [5.74, 6) is -0.160. The summed E-state index contributed by atoms with van der Waals surface area (Å²) in [7, 11) is 0. The zero-order chi connectivity index (χ0) is 11.5. The normalized spacial score (nSPS) is 11.8. The summed E-state index contributed by atoms with van der Waals surface area (Å²) in [6, 6.07) is 3.97. The molecule has 84 valence electrons. The maximum atomic E-state index is 12.8. The van der Waals surface area contributed by atoms with E-state index in [4.69, 9.17) is 5.73 Å². The van der Waals surface area contributed by atoms with Crippen molar-refractivity contribution in [2.24, 2.45) is 5.73 Å². The lowest BCUT2D eigenvalue weighted by atomic mass is 10.1. The summed E-state index contributed by atoms with van der Waals surface area (Å²) in [5, 5.41) is 0. The van der Waals surface area contributed by atoms with E-state index in [0.29, 0.717) is 5.75 Å². The van der Waals surface area contributed by atoms with Crippen LogP contribution in [0.4, 0.5) is 8.78 Å². The number of rotatable bonds is 4. The fourth-order valence-corrected chi connectivity index (χ4v) is 2.10. The molecule has 1 nitrogen and oxygen atoms in total. The number of nitrogens with two attached hydrogens (primary N) is 1. The van der Waals surface area contributed by atoms with Gasteiger partial charge in [0, 0.05) is 17.0 Å². The number of hydrogen-bond donors (Lipinski definition) is 1. The molecule has 0 aromatic heterocycles. The van der Waals surface area contributed by atoms with Gasteiger partial charge in [0.1, 0.15) is 0 Å². The fraction of sp³-hybridized carbons (Fsp3) is 0.455. The summed E-state index contributed by atoms with van der Waals surface area (Å²) in [5.41, 5.74) is 6.35. The number of benzene rings is 1. The lowest BCUT2D eigenvalue weighted by Gasteiger charge is -2.17. The second-order valence-electron chi connectivity index (χ2n) is 4.23. The lowest BCUT2D eigenvalue weighted by Crippen LogP contribution is -2.34. The molecule has 2 N–H and O–H groups in total. The molecule has 0 amide bonds. The molecule has 0 aliphatic rings. The quantitative estimate of drug-likeness (QED) is 0.862. The average molecular weight is 231 g/mol. The second kappa shape index (κ2) is 4.94. The number of hydrogen-bond acceptors (Lipinski definition) is 2. The minimum absolute atomic E-state index is 0.233. The highest BCUT2D eigenvalue weighted by Gasteiger charge is 2.10. The Hall–Kier alpha value is -0.610. The fourth-order valence-electron chi connectivity index (χ4n) is 1.06. The van der Waals surface area contributed by atoms with Crippen LogP contribution in [0.5, 0.6) is 0 Å². The lowest BCUT2D eigenvalue weighted by molar-refractivity contribution is 0.507. The van der Waals surface area contributed by atoms with Gasteiger partial charge in [0.25, 0.3) is 0 Å². The Balaban J connectivity index is 2.48. The van der Waals surface area contributed by atoms with Gasteiger partial charge in [0.05, 0.1) is 0 Å². The van der Waals surface area contributed by atoms with E-state index in [9.17, 15) is 8.78 Å². The minimum Gasteiger partial charge on any atom is -0.325 e. The van der Waals surface area contributed by atoms with Crippen LogP contribution < -0.4 is 5.73 Å². The summed E-state index contributed by atoms with van der Waals surface area (Å²) in [6.45, 7) is 3.87. The van der Waals surface area contributed by atoms with E-state index < -0.39 is 11.6 Å².